The molecule has 1 aliphatic rings. The third kappa shape index (κ3) is 3.19. The molecule has 0 aliphatic heterocycles. The Morgan fingerprint density at radius 1 is 1.26 bits per heavy atom. The van der Waals surface area contributed by atoms with Crippen molar-refractivity contribution in [1.29, 1.82) is 0 Å². The van der Waals surface area contributed by atoms with Crippen LogP contribution in [0.15, 0.2) is 18.2 Å². The van der Waals surface area contributed by atoms with E-state index in [0.29, 0.717) is 12.3 Å². The molecule has 1 aromatic rings. The van der Waals surface area contributed by atoms with E-state index in [1.807, 2.05) is 12.1 Å². The summed E-state index contributed by atoms with van der Waals surface area (Å²) in [6.45, 7) is 0.696. The molecule has 0 heterocycles. The molecule has 3 N–H and O–H groups in total. The summed E-state index contributed by atoms with van der Waals surface area (Å²) in [4.78, 5) is 0. The maximum atomic E-state index is 10.0. The highest BCUT2D eigenvalue weighted by Crippen LogP contribution is 2.31. The van der Waals surface area contributed by atoms with E-state index in [2.05, 4.69) is 5.32 Å². The number of aliphatic hydroxyl groups excluding tert-OH is 1. The Balaban J connectivity index is 2.05. The highest BCUT2D eigenvalue weighted by molar-refractivity contribution is 5.45. The summed E-state index contributed by atoms with van der Waals surface area (Å²) in [5.41, 5.74) is 0.617. The van der Waals surface area contributed by atoms with Crippen LogP contribution < -0.4 is 10.1 Å². The van der Waals surface area contributed by atoms with Gasteiger partial charge in [0.2, 0.25) is 0 Å². The van der Waals surface area contributed by atoms with Crippen molar-refractivity contribution in [2.75, 3.05) is 13.7 Å². The maximum absolute atomic E-state index is 10.0. The van der Waals surface area contributed by atoms with Crippen LogP contribution in [0.1, 0.15) is 37.7 Å². The zero-order valence-electron chi connectivity index (χ0n) is 11.5. The number of rotatable bonds is 5. The molecule has 0 radical (unpaired) electrons. The monoisotopic (exact) mass is 265 g/mol. The number of ether oxygens (including phenoxy) is 1. The van der Waals surface area contributed by atoms with Gasteiger partial charge in [-0.3, -0.25) is 0 Å². The Morgan fingerprint density at radius 3 is 2.63 bits per heavy atom. The van der Waals surface area contributed by atoms with Gasteiger partial charge in [0.1, 0.15) is 0 Å². The van der Waals surface area contributed by atoms with E-state index >= 15 is 0 Å². The lowest BCUT2D eigenvalue weighted by molar-refractivity contribution is 0.119. The highest BCUT2D eigenvalue weighted by atomic mass is 16.5. The highest BCUT2D eigenvalue weighted by Gasteiger charge is 2.30. The summed E-state index contributed by atoms with van der Waals surface area (Å²) >= 11 is 0. The number of phenols is 1. The molecule has 0 bridgehead atoms. The van der Waals surface area contributed by atoms with Gasteiger partial charge in [-0.05, 0) is 18.9 Å². The van der Waals surface area contributed by atoms with Crippen molar-refractivity contribution in [3.63, 3.8) is 0 Å². The van der Waals surface area contributed by atoms with Gasteiger partial charge >= 0.3 is 0 Å². The Labute approximate surface area is 114 Å². The fraction of sp³-hybridized carbons (Fsp3) is 0.600. The molecular formula is C15H23NO3. The van der Waals surface area contributed by atoms with Gasteiger partial charge in [0.25, 0.3) is 0 Å². The number of aliphatic hydroxyl groups is 1. The number of benzene rings is 1. The standard InChI is InChI=1S/C15H23NO3/c1-19-13-7-5-6-12(14(13)18)10-16-15(11-17)8-3-2-4-9-15/h5-7,16-18H,2-4,8-11H2,1H3. The van der Waals surface area contributed by atoms with E-state index in [9.17, 15) is 10.2 Å². The Bertz CT molecular complexity index is 414. The lowest BCUT2D eigenvalue weighted by Crippen LogP contribution is -2.49. The van der Waals surface area contributed by atoms with Gasteiger partial charge in [0.05, 0.1) is 13.7 Å². The molecule has 0 unspecified atom stereocenters. The minimum atomic E-state index is -0.187. The van der Waals surface area contributed by atoms with Crippen molar-refractivity contribution in [2.45, 2.75) is 44.2 Å². The number of para-hydroxylation sites is 1. The van der Waals surface area contributed by atoms with Gasteiger partial charge < -0.3 is 20.3 Å². The largest absolute Gasteiger partial charge is 0.504 e. The van der Waals surface area contributed by atoms with Gasteiger partial charge in [-0.1, -0.05) is 31.4 Å². The zero-order chi connectivity index (χ0) is 13.7. The average molecular weight is 265 g/mol. The summed E-state index contributed by atoms with van der Waals surface area (Å²) in [5.74, 6) is 0.669. The smallest absolute Gasteiger partial charge is 0.162 e. The van der Waals surface area contributed by atoms with Crippen molar-refractivity contribution in [3.05, 3.63) is 23.8 Å². The van der Waals surface area contributed by atoms with Crippen LogP contribution in [0.3, 0.4) is 0 Å². The molecule has 0 saturated heterocycles. The first-order valence-corrected chi connectivity index (χ1v) is 6.91. The first kappa shape index (κ1) is 14.2. The van der Waals surface area contributed by atoms with Crippen molar-refractivity contribution < 1.29 is 14.9 Å². The molecule has 0 aromatic heterocycles. The van der Waals surface area contributed by atoms with E-state index in [1.54, 1.807) is 13.2 Å². The first-order valence-electron chi connectivity index (χ1n) is 6.91. The SMILES string of the molecule is COc1cccc(CNC2(CO)CCCCC2)c1O. The van der Waals surface area contributed by atoms with E-state index < -0.39 is 0 Å². The Hall–Kier alpha value is -1.26. The molecule has 4 heteroatoms. The molecule has 0 amide bonds. The van der Waals surface area contributed by atoms with Gasteiger partial charge in [0, 0.05) is 17.6 Å². The Morgan fingerprint density at radius 2 is 2.00 bits per heavy atom. The van der Waals surface area contributed by atoms with Crippen LogP contribution in [0.4, 0.5) is 0 Å². The van der Waals surface area contributed by atoms with Gasteiger partial charge in [-0.25, -0.2) is 0 Å². The van der Waals surface area contributed by atoms with Crippen LogP contribution in [0.2, 0.25) is 0 Å². The fourth-order valence-corrected chi connectivity index (χ4v) is 2.78. The van der Waals surface area contributed by atoms with Crippen LogP contribution in [0.5, 0.6) is 11.5 Å². The van der Waals surface area contributed by atoms with Crippen molar-refractivity contribution in [1.82, 2.24) is 5.32 Å². The van der Waals surface area contributed by atoms with Crippen molar-refractivity contribution >= 4 is 0 Å². The van der Waals surface area contributed by atoms with Crippen molar-refractivity contribution in [3.8, 4) is 11.5 Å². The van der Waals surface area contributed by atoms with Crippen LogP contribution in [0, 0.1) is 0 Å². The molecule has 1 saturated carbocycles. The fourth-order valence-electron chi connectivity index (χ4n) is 2.78. The second-order valence-corrected chi connectivity index (χ2v) is 5.32. The summed E-state index contributed by atoms with van der Waals surface area (Å²) in [6, 6.07) is 5.47. The molecule has 4 nitrogen and oxygen atoms in total. The molecule has 106 valence electrons. The summed E-state index contributed by atoms with van der Waals surface area (Å²) in [5, 5.41) is 23.1. The molecule has 1 fully saturated rings. The molecule has 19 heavy (non-hydrogen) atoms. The maximum Gasteiger partial charge on any atom is 0.162 e. The topological polar surface area (TPSA) is 61.7 Å². The van der Waals surface area contributed by atoms with E-state index in [1.165, 1.54) is 6.42 Å². The normalized spacial score (nSPS) is 18.2. The lowest BCUT2D eigenvalue weighted by atomic mass is 9.82. The number of phenolic OH excluding ortho intramolecular Hbond substituents is 1. The van der Waals surface area contributed by atoms with E-state index in [0.717, 1.165) is 31.2 Å². The van der Waals surface area contributed by atoms with Crippen LogP contribution in [-0.2, 0) is 6.54 Å². The van der Waals surface area contributed by atoms with Gasteiger partial charge in [0.15, 0.2) is 11.5 Å². The minimum Gasteiger partial charge on any atom is -0.504 e. The Kier molecular flexibility index (Phi) is 4.66. The zero-order valence-corrected chi connectivity index (χ0v) is 11.5. The average Bonchev–Trinajstić information content (AvgIpc) is 2.47. The van der Waals surface area contributed by atoms with Crippen LogP contribution in [-0.4, -0.2) is 29.5 Å². The number of nitrogens with one attached hydrogen (secondary N) is 1. The van der Waals surface area contributed by atoms with E-state index in [4.69, 9.17) is 4.74 Å². The van der Waals surface area contributed by atoms with Crippen molar-refractivity contribution in [2.24, 2.45) is 0 Å². The predicted octanol–water partition coefficient (Wildman–Crippen LogP) is 2.19. The molecule has 2 rings (SSSR count). The van der Waals surface area contributed by atoms with Gasteiger partial charge in [-0.2, -0.15) is 0 Å². The van der Waals surface area contributed by atoms with Crippen LogP contribution in [0.25, 0.3) is 0 Å². The second-order valence-electron chi connectivity index (χ2n) is 5.32. The molecule has 0 atom stereocenters. The molecule has 1 aromatic carbocycles. The summed E-state index contributed by atoms with van der Waals surface area (Å²) in [6.07, 6.45) is 5.53. The van der Waals surface area contributed by atoms with Gasteiger partial charge in [-0.15, -0.1) is 0 Å². The quantitative estimate of drug-likeness (QED) is 0.763. The molecular weight excluding hydrogens is 242 g/mol. The third-order valence-electron chi connectivity index (χ3n) is 4.07. The number of aromatic hydroxyl groups is 1. The summed E-state index contributed by atoms with van der Waals surface area (Å²) in [7, 11) is 1.54. The number of methoxy groups -OCH3 is 1. The number of hydrogen-bond acceptors (Lipinski definition) is 4. The predicted molar refractivity (Wildman–Crippen MR) is 74.4 cm³/mol. The van der Waals surface area contributed by atoms with Crippen LogP contribution >= 0.6 is 0 Å². The summed E-state index contributed by atoms with van der Waals surface area (Å²) < 4.78 is 5.10. The molecule has 1 aliphatic carbocycles. The lowest BCUT2D eigenvalue weighted by Gasteiger charge is -2.36. The second kappa shape index (κ2) is 6.26. The first-order chi connectivity index (χ1) is 9.21. The number of hydrogen-bond donors (Lipinski definition) is 3. The van der Waals surface area contributed by atoms with E-state index in [-0.39, 0.29) is 17.9 Å². The minimum absolute atomic E-state index is 0.151. The third-order valence-corrected chi connectivity index (χ3v) is 4.07. The molecule has 0 spiro atoms.